The summed E-state index contributed by atoms with van der Waals surface area (Å²) in [7, 11) is -4.02. The molecule has 13 heteroatoms. The number of aryl methyl sites for hydroxylation is 2. The van der Waals surface area contributed by atoms with Gasteiger partial charge in [0, 0.05) is 17.3 Å². The van der Waals surface area contributed by atoms with Gasteiger partial charge in [-0.3, -0.25) is 14.4 Å². The first-order chi connectivity index (χ1) is 21.5. The number of nitrogens with zero attached hydrogens (tertiary/aromatic N) is 2. The zero-order valence-corrected chi connectivity index (χ0v) is 26.2. The number of anilines is 1. The molecule has 0 aliphatic rings. The van der Waals surface area contributed by atoms with Crippen LogP contribution in [0, 0.1) is 13.8 Å². The molecule has 4 aromatic rings. The molecule has 3 amide bonds. The maximum atomic E-state index is 13.4. The van der Waals surface area contributed by atoms with Crippen molar-refractivity contribution in [3.8, 4) is 0 Å². The van der Waals surface area contributed by atoms with Crippen LogP contribution in [0.4, 0.5) is 5.69 Å². The van der Waals surface area contributed by atoms with Crippen LogP contribution in [0.5, 0.6) is 0 Å². The number of furan rings is 1. The minimum Gasteiger partial charge on any atom is -0.458 e. The number of sulfonamides is 1. The maximum Gasteiger partial charge on any atom is 0.313 e. The second-order valence-corrected chi connectivity index (χ2v) is 12.4. The van der Waals surface area contributed by atoms with Crippen LogP contribution < -0.4 is 16.1 Å². The Balaban J connectivity index is 1.31. The van der Waals surface area contributed by atoms with Gasteiger partial charge in [-0.15, -0.1) is 0 Å². The summed E-state index contributed by atoms with van der Waals surface area (Å²) in [4.78, 5) is 37.2. The van der Waals surface area contributed by atoms with Crippen molar-refractivity contribution in [2.24, 2.45) is 5.10 Å². The van der Waals surface area contributed by atoms with E-state index in [0.29, 0.717) is 22.9 Å². The standard InChI is InChI=1S/C32H32ClN5O6S/c1-22-8-11-26(18-23(22)2)36-32(41)31(40)34-19-27-12-13-28(44-27)20-35-37-30(39)21-38(17-16-24-6-4-3-5-7-24)45(42,43)29-14-9-25(33)10-15-29/h3-15,18,20H,16-17,19,21H2,1-2H3,(H,34,40)(H,36,41)(H,37,39)/b35-20-. The number of carbonyl (C=O) groups is 3. The van der Waals surface area contributed by atoms with Crippen molar-refractivity contribution in [3.63, 3.8) is 0 Å². The van der Waals surface area contributed by atoms with E-state index >= 15 is 0 Å². The predicted octanol–water partition coefficient (Wildman–Crippen LogP) is 4.19. The van der Waals surface area contributed by atoms with Crippen molar-refractivity contribution >= 4 is 51.2 Å². The fourth-order valence-electron chi connectivity index (χ4n) is 4.12. The minimum absolute atomic E-state index is 0.00852. The van der Waals surface area contributed by atoms with E-state index in [1.165, 1.54) is 30.5 Å². The summed E-state index contributed by atoms with van der Waals surface area (Å²) in [6.07, 6.45) is 1.63. The van der Waals surface area contributed by atoms with Crippen LogP contribution in [0.1, 0.15) is 28.2 Å². The average Bonchev–Trinajstić information content (AvgIpc) is 3.48. The SMILES string of the molecule is Cc1ccc(NC(=O)C(=O)NCc2ccc(/C=N\NC(=O)CN(CCc3ccccc3)S(=O)(=O)c3ccc(Cl)cc3)o2)cc1C. The molecule has 3 N–H and O–H groups in total. The monoisotopic (exact) mass is 649 g/mol. The number of rotatable bonds is 12. The van der Waals surface area contributed by atoms with E-state index in [1.807, 2.05) is 50.2 Å². The summed E-state index contributed by atoms with van der Waals surface area (Å²) in [5.74, 6) is -1.71. The average molecular weight is 650 g/mol. The van der Waals surface area contributed by atoms with Gasteiger partial charge in [-0.05, 0) is 85.5 Å². The van der Waals surface area contributed by atoms with Crippen LogP contribution in [0.2, 0.25) is 5.02 Å². The van der Waals surface area contributed by atoms with Crippen LogP contribution >= 0.6 is 11.6 Å². The van der Waals surface area contributed by atoms with Crippen molar-refractivity contribution < 1.29 is 27.2 Å². The molecule has 3 aromatic carbocycles. The summed E-state index contributed by atoms with van der Waals surface area (Å²) in [5, 5.41) is 9.29. The molecule has 4 rings (SSSR count). The Hall–Kier alpha value is -4.78. The highest BCUT2D eigenvalue weighted by Gasteiger charge is 2.26. The molecule has 234 valence electrons. The number of benzene rings is 3. The van der Waals surface area contributed by atoms with Crippen LogP contribution in [0.25, 0.3) is 0 Å². The number of hydrazone groups is 1. The summed E-state index contributed by atoms with van der Waals surface area (Å²) < 4.78 is 33.4. The quantitative estimate of drug-likeness (QED) is 0.119. The fourth-order valence-corrected chi connectivity index (χ4v) is 5.64. The van der Waals surface area contributed by atoms with Crippen molar-refractivity contribution in [1.82, 2.24) is 15.0 Å². The first-order valence-electron chi connectivity index (χ1n) is 13.9. The number of nitrogens with one attached hydrogen (secondary N) is 3. The predicted molar refractivity (Wildman–Crippen MR) is 171 cm³/mol. The molecule has 0 saturated carbocycles. The second kappa shape index (κ2) is 15.3. The minimum atomic E-state index is -4.02. The number of halogens is 1. The van der Waals surface area contributed by atoms with Gasteiger partial charge >= 0.3 is 11.8 Å². The zero-order valence-electron chi connectivity index (χ0n) is 24.6. The summed E-state index contributed by atoms with van der Waals surface area (Å²) >= 11 is 5.92. The lowest BCUT2D eigenvalue weighted by molar-refractivity contribution is -0.136. The highest BCUT2D eigenvalue weighted by molar-refractivity contribution is 7.89. The van der Waals surface area contributed by atoms with Crippen molar-refractivity contribution in [2.75, 3.05) is 18.4 Å². The largest absolute Gasteiger partial charge is 0.458 e. The van der Waals surface area contributed by atoms with Gasteiger partial charge in [0.15, 0.2) is 0 Å². The van der Waals surface area contributed by atoms with E-state index in [9.17, 15) is 22.8 Å². The smallest absolute Gasteiger partial charge is 0.313 e. The Morgan fingerprint density at radius 2 is 1.64 bits per heavy atom. The summed E-state index contributed by atoms with van der Waals surface area (Å²) in [6.45, 7) is 3.38. The van der Waals surface area contributed by atoms with E-state index in [0.717, 1.165) is 21.0 Å². The third-order valence-corrected chi connectivity index (χ3v) is 8.83. The first kappa shape index (κ1) is 33.1. The molecular weight excluding hydrogens is 618 g/mol. The molecule has 1 heterocycles. The number of carbonyl (C=O) groups excluding carboxylic acids is 3. The van der Waals surface area contributed by atoms with Crippen molar-refractivity contribution in [3.05, 3.63) is 118 Å². The summed E-state index contributed by atoms with van der Waals surface area (Å²) in [5.41, 5.74) is 5.80. The molecule has 1 aromatic heterocycles. The van der Waals surface area contributed by atoms with E-state index < -0.39 is 34.3 Å². The molecule has 0 spiro atoms. The normalized spacial score (nSPS) is 11.5. The molecule has 0 saturated heterocycles. The van der Waals surface area contributed by atoms with E-state index in [-0.39, 0.29) is 23.7 Å². The van der Waals surface area contributed by atoms with Crippen LogP contribution in [0.15, 0.2) is 99.3 Å². The van der Waals surface area contributed by atoms with Gasteiger partial charge in [0.25, 0.3) is 5.91 Å². The summed E-state index contributed by atoms with van der Waals surface area (Å²) in [6, 6.07) is 23.5. The molecule has 0 aliphatic heterocycles. The van der Waals surface area contributed by atoms with Crippen LogP contribution in [-0.2, 0) is 37.4 Å². The Kier molecular flexibility index (Phi) is 11.3. The molecule has 0 fully saturated rings. The Morgan fingerprint density at radius 1 is 0.911 bits per heavy atom. The van der Waals surface area contributed by atoms with E-state index in [2.05, 4.69) is 21.2 Å². The lowest BCUT2D eigenvalue weighted by Gasteiger charge is -2.21. The van der Waals surface area contributed by atoms with Crippen molar-refractivity contribution in [1.29, 1.82) is 0 Å². The zero-order chi connectivity index (χ0) is 32.4. The van der Waals surface area contributed by atoms with Gasteiger partial charge in [0.05, 0.1) is 24.2 Å². The van der Waals surface area contributed by atoms with E-state index in [1.54, 1.807) is 24.3 Å². The molecule has 11 nitrogen and oxygen atoms in total. The lowest BCUT2D eigenvalue weighted by Crippen LogP contribution is -2.40. The molecule has 0 radical (unpaired) electrons. The van der Waals surface area contributed by atoms with Gasteiger partial charge in [-0.25, -0.2) is 13.8 Å². The molecule has 45 heavy (non-hydrogen) atoms. The molecule has 0 unspecified atom stereocenters. The molecule has 0 atom stereocenters. The van der Waals surface area contributed by atoms with E-state index in [4.69, 9.17) is 16.0 Å². The molecule has 0 aliphatic carbocycles. The number of amides is 3. The highest BCUT2D eigenvalue weighted by atomic mass is 35.5. The Morgan fingerprint density at radius 3 is 2.36 bits per heavy atom. The fraction of sp³-hybridized carbons (Fsp3) is 0.188. The van der Waals surface area contributed by atoms with Gasteiger partial charge < -0.3 is 15.1 Å². The van der Waals surface area contributed by atoms with Crippen LogP contribution in [0.3, 0.4) is 0 Å². The van der Waals surface area contributed by atoms with Crippen molar-refractivity contribution in [2.45, 2.75) is 31.7 Å². The highest BCUT2D eigenvalue weighted by Crippen LogP contribution is 2.19. The van der Waals surface area contributed by atoms with Crippen LogP contribution in [-0.4, -0.2) is 49.7 Å². The first-order valence-corrected chi connectivity index (χ1v) is 15.7. The van der Waals surface area contributed by atoms with Gasteiger partial charge in [-0.1, -0.05) is 48.0 Å². The molecular formula is C32H32ClN5O6S. The number of hydrogen-bond acceptors (Lipinski definition) is 7. The Bertz CT molecular complexity index is 1790. The third kappa shape index (κ3) is 9.60. The van der Waals surface area contributed by atoms with Gasteiger partial charge in [0.2, 0.25) is 10.0 Å². The number of hydrogen-bond donors (Lipinski definition) is 3. The molecule has 0 bridgehead atoms. The second-order valence-electron chi connectivity index (χ2n) is 10.1. The Labute approximate surface area is 266 Å². The third-order valence-electron chi connectivity index (χ3n) is 6.72. The lowest BCUT2D eigenvalue weighted by atomic mass is 10.1. The topological polar surface area (TPSA) is 150 Å². The maximum absolute atomic E-state index is 13.4. The van der Waals surface area contributed by atoms with Gasteiger partial charge in [0.1, 0.15) is 11.5 Å². The van der Waals surface area contributed by atoms with Gasteiger partial charge in [-0.2, -0.15) is 9.41 Å².